The molecule has 162 valence electrons. The van der Waals surface area contributed by atoms with Crippen LogP contribution in [0.3, 0.4) is 0 Å². The van der Waals surface area contributed by atoms with E-state index in [0.29, 0.717) is 31.5 Å². The number of carbonyl (C=O) groups is 1. The van der Waals surface area contributed by atoms with Crippen LogP contribution in [-0.2, 0) is 16.0 Å². The summed E-state index contributed by atoms with van der Waals surface area (Å²) in [6.07, 6.45) is -5.91. The lowest BCUT2D eigenvalue weighted by atomic mass is 9.68. The van der Waals surface area contributed by atoms with E-state index < -0.39 is 36.6 Å². The molecular weight excluding hydrogens is 397 g/mol. The molecule has 2 fully saturated rings. The van der Waals surface area contributed by atoms with Gasteiger partial charge in [0.15, 0.2) is 0 Å². The number of rotatable bonds is 6. The van der Waals surface area contributed by atoms with Crippen molar-refractivity contribution in [2.24, 2.45) is 5.41 Å². The second-order valence-electron chi connectivity index (χ2n) is 8.08. The molecule has 1 saturated carbocycles. The molecular formula is C20H24F5NO3. The number of ether oxygens (including phenoxy) is 1. The van der Waals surface area contributed by atoms with Crippen LogP contribution < -0.4 is 4.90 Å². The van der Waals surface area contributed by atoms with E-state index in [-0.39, 0.29) is 30.9 Å². The first kappa shape index (κ1) is 22.0. The van der Waals surface area contributed by atoms with E-state index in [4.69, 9.17) is 4.74 Å². The van der Waals surface area contributed by atoms with Gasteiger partial charge in [-0.05, 0) is 49.8 Å². The maximum Gasteiger partial charge on any atom is 0.393 e. The van der Waals surface area contributed by atoms with Gasteiger partial charge in [0.25, 0.3) is 6.43 Å². The minimum absolute atomic E-state index is 0.100. The number of hydrogen-bond acceptors (Lipinski definition) is 3. The summed E-state index contributed by atoms with van der Waals surface area (Å²) in [4.78, 5) is 14.6. The summed E-state index contributed by atoms with van der Waals surface area (Å²) in [6, 6.07) is 5.80. The smallest absolute Gasteiger partial charge is 0.387 e. The van der Waals surface area contributed by atoms with Gasteiger partial charge in [-0.3, -0.25) is 4.79 Å². The van der Waals surface area contributed by atoms with Crippen LogP contribution in [0, 0.1) is 5.41 Å². The second kappa shape index (κ2) is 8.18. The molecule has 3 rings (SSSR count). The summed E-state index contributed by atoms with van der Waals surface area (Å²) in [5.41, 5.74) is -1.15. The Labute approximate surface area is 165 Å². The number of nitrogens with zero attached hydrogens (tertiary/aromatic N) is 1. The minimum Gasteiger partial charge on any atom is -0.387 e. The zero-order valence-electron chi connectivity index (χ0n) is 15.9. The van der Waals surface area contributed by atoms with Gasteiger partial charge in [-0.2, -0.15) is 13.2 Å². The Bertz CT molecular complexity index is 712. The van der Waals surface area contributed by atoms with E-state index in [1.54, 1.807) is 4.90 Å². The van der Waals surface area contributed by atoms with E-state index in [0.717, 1.165) is 0 Å². The Balaban J connectivity index is 1.60. The van der Waals surface area contributed by atoms with Crippen LogP contribution in [0.2, 0.25) is 0 Å². The zero-order chi connectivity index (χ0) is 21.3. The van der Waals surface area contributed by atoms with Crippen LogP contribution >= 0.6 is 0 Å². The predicted molar refractivity (Wildman–Crippen MR) is 95.8 cm³/mol. The van der Waals surface area contributed by atoms with Crippen molar-refractivity contribution >= 4 is 11.6 Å². The highest BCUT2D eigenvalue weighted by Crippen LogP contribution is 2.48. The molecule has 9 heteroatoms. The van der Waals surface area contributed by atoms with Gasteiger partial charge in [-0.1, -0.05) is 12.1 Å². The second-order valence-corrected chi connectivity index (χ2v) is 8.08. The maximum atomic E-state index is 13.0. The molecule has 1 N–H and O–H groups in total. The van der Waals surface area contributed by atoms with Gasteiger partial charge >= 0.3 is 6.18 Å². The van der Waals surface area contributed by atoms with Crippen LogP contribution in [0.4, 0.5) is 27.6 Å². The number of halogens is 5. The first-order valence-electron chi connectivity index (χ1n) is 9.58. The molecule has 1 amide bonds. The quantitative estimate of drug-likeness (QED) is 0.704. The average Bonchev–Trinajstić information content (AvgIpc) is 2.94. The Morgan fingerprint density at radius 3 is 2.24 bits per heavy atom. The minimum atomic E-state index is -4.28. The maximum absolute atomic E-state index is 13.0. The first-order chi connectivity index (χ1) is 13.5. The van der Waals surface area contributed by atoms with Crippen molar-refractivity contribution in [2.45, 2.75) is 56.7 Å². The predicted octanol–water partition coefficient (Wildman–Crippen LogP) is 4.10. The Hall–Kier alpha value is -1.74. The fourth-order valence-corrected chi connectivity index (χ4v) is 4.23. The fourth-order valence-electron chi connectivity index (χ4n) is 4.23. The van der Waals surface area contributed by atoms with Gasteiger partial charge in [0, 0.05) is 12.2 Å². The van der Waals surface area contributed by atoms with Crippen molar-refractivity contribution in [3.63, 3.8) is 0 Å². The molecule has 0 bridgehead atoms. The van der Waals surface area contributed by atoms with Crippen molar-refractivity contribution in [3.8, 4) is 0 Å². The molecule has 2 aliphatic rings. The highest BCUT2D eigenvalue weighted by atomic mass is 19.4. The topological polar surface area (TPSA) is 49.8 Å². The van der Waals surface area contributed by atoms with Crippen molar-refractivity contribution in [1.29, 1.82) is 0 Å². The van der Waals surface area contributed by atoms with Gasteiger partial charge in [0.2, 0.25) is 5.91 Å². The molecule has 29 heavy (non-hydrogen) atoms. The van der Waals surface area contributed by atoms with Gasteiger partial charge in [-0.15, -0.1) is 0 Å². The van der Waals surface area contributed by atoms with Crippen LogP contribution in [0.5, 0.6) is 0 Å². The number of amides is 1. The number of hydrogen-bond donors (Lipinski definition) is 1. The third-order valence-corrected chi connectivity index (χ3v) is 5.92. The van der Waals surface area contributed by atoms with E-state index in [1.165, 1.54) is 24.3 Å². The third kappa shape index (κ3) is 5.25. The molecule has 1 heterocycles. The number of benzene rings is 1. The molecule has 0 radical (unpaired) electrons. The van der Waals surface area contributed by atoms with Gasteiger partial charge < -0.3 is 14.7 Å². The molecule has 1 aliphatic heterocycles. The first-order valence-corrected chi connectivity index (χ1v) is 9.58. The molecule has 0 atom stereocenters. The molecule has 1 aromatic rings. The molecule has 1 aliphatic carbocycles. The van der Waals surface area contributed by atoms with Crippen molar-refractivity contribution < 1.29 is 36.6 Å². The number of anilines is 1. The Morgan fingerprint density at radius 1 is 1.07 bits per heavy atom. The molecule has 1 aromatic carbocycles. The van der Waals surface area contributed by atoms with Crippen molar-refractivity contribution in [3.05, 3.63) is 29.8 Å². The van der Waals surface area contributed by atoms with E-state index >= 15 is 0 Å². The monoisotopic (exact) mass is 421 g/mol. The van der Waals surface area contributed by atoms with E-state index in [1.807, 2.05) is 0 Å². The Kier molecular flexibility index (Phi) is 6.19. The third-order valence-electron chi connectivity index (χ3n) is 5.92. The van der Waals surface area contributed by atoms with Gasteiger partial charge in [0.1, 0.15) is 6.61 Å². The van der Waals surface area contributed by atoms with Crippen molar-refractivity contribution in [2.75, 3.05) is 24.7 Å². The van der Waals surface area contributed by atoms with Crippen molar-refractivity contribution in [1.82, 2.24) is 0 Å². The summed E-state index contributed by atoms with van der Waals surface area (Å²) >= 11 is 0. The van der Waals surface area contributed by atoms with Crippen LogP contribution in [0.1, 0.15) is 37.7 Å². The number of carbonyl (C=O) groups excluding carboxylic acids is 1. The molecule has 0 aromatic heterocycles. The fraction of sp³-hybridized carbons (Fsp3) is 0.650. The highest BCUT2D eigenvalue weighted by molar-refractivity contribution is 6.00. The lowest BCUT2D eigenvalue weighted by molar-refractivity contribution is -0.135. The highest BCUT2D eigenvalue weighted by Gasteiger charge is 2.51. The van der Waals surface area contributed by atoms with Crippen LogP contribution in [-0.4, -0.2) is 49.0 Å². The Morgan fingerprint density at radius 2 is 1.69 bits per heavy atom. The lowest BCUT2D eigenvalue weighted by Crippen LogP contribution is -2.46. The summed E-state index contributed by atoms with van der Waals surface area (Å²) in [6.45, 7) is -0.464. The molecule has 1 saturated heterocycles. The summed E-state index contributed by atoms with van der Waals surface area (Å²) in [5, 5.41) is 10.5. The molecule has 1 spiro atoms. The zero-order valence-corrected chi connectivity index (χ0v) is 15.9. The normalized spacial score (nSPS) is 28.0. The van der Waals surface area contributed by atoms with Gasteiger partial charge in [-0.25, -0.2) is 8.78 Å². The summed E-state index contributed by atoms with van der Waals surface area (Å²) < 4.78 is 66.8. The van der Waals surface area contributed by atoms with E-state index in [9.17, 15) is 31.9 Å². The lowest BCUT2D eigenvalue weighted by Gasteiger charge is -2.40. The average molecular weight is 421 g/mol. The van der Waals surface area contributed by atoms with Crippen LogP contribution in [0.15, 0.2) is 24.3 Å². The number of aliphatic hydroxyl groups is 1. The largest absolute Gasteiger partial charge is 0.393 e. The van der Waals surface area contributed by atoms with Crippen LogP contribution in [0.25, 0.3) is 0 Å². The van der Waals surface area contributed by atoms with Gasteiger partial charge in [0.05, 0.1) is 24.0 Å². The number of alkyl halides is 5. The summed E-state index contributed by atoms with van der Waals surface area (Å²) in [7, 11) is 0. The standard InChI is InChI=1S/C20H24F5NO3/c21-16(22)12-29-13-19(28)7-5-18(6-8-19)9-10-26(17(18)27)15-3-1-14(2-4-15)11-20(23,24)25/h1-4,16,28H,5-13H2/t18-,19-. The van der Waals surface area contributed by atoms with E-state index in [2.05, 4.69) is 0 Å². The summed E-state index contributed by atoms with van der Waals surface area (Å²) in [5.74, 6) is -0.100. The molecule has 0 unspecified atom stereocenters. The molecule has 4 nitrogen and oxygen atoms in total. The SMILES string of the molecule is O=C1N(c2ccc(CC(F)(F)F)cc2)CC[C@]12CC[C@](O)(COCC(F)F)CC2.